The van der Waals surface area contributed by atoms with Crippen LogP contribution in [0.3, 0.4) is 0 Å². The molecule has 4 aromatic rings. The predicted molar refractivity (Wildman–Crippen MR) is 75.8 cm³/mol. The summed E-state index contributed by atoms with van der Waals surface area (Å²) in [5.41, 5.74) is 4.44. The Hall–Kier alpha value is -2.35. The molecule has 2 heteroatoms. The predicted octanol–water partition coefficient (Wildman–Crippen LogP) is 4.18. The Morgan fingerprint density at radius 3 is 2.33 bits per heavy atom. The van der Waals surface area contributed by atoms with Crippen LogP contribution in [0.5, 0.6) is 0 Å². The third-order valence-corrected chi connectivity index (χ3v) is 3.54. The molecule has 1 N–H and O–H groups in total. The lowest BCUT2D eigenvalue weighted by atomic mass is 10.1. The van der Waals surface area contributed by atoms with Gasteiger partial charge in [-0.1, -0.05) is 42.5 Å². The van der Waals surface area contributed by atoms with Gasteiger partial charge < -0.3 is 4.98 Å². The van der Waals surface area contributed by atoms with E-state index in [0.29, 0.717) is 0 Å². The number of aromatic nitrogens is 2. The number of pyridine rings is 1. The minimum atomic E-state index is 1.07. The van der Waals surface area contributed by atoms with Crippen LogP contribution in [0.25, 0.3) is 32.7 Å². The summed E-state index contributed by atoms with van der Waals surface area (Å²) in [4.78, 5) is 8.25. The van der Waals surface area contributed by atoms with Gasteiger partial charge in [-0.05, 0) is 13.0 Å². The summed E-state index contributed by atoms with van der Waals surface area (Å²) in [7, 11) is 0. The average Bonchev–Trinajstić information content (AvgIpc) is 2.78. The van der Waals surface area contributed by atoms with E-state index >= 15 is 0 Å². The minimum Gasteiger partial charge on any atom is -0.353 e. The van der Waals surface area contributed by atoms with Gasteiger partial charge in [0.2, 0.25) is 0 Å². The van der Waals surface area contributed by atoms with Crippen LogP contribution in [-0.4, -0.2) is 9.97 Å². The lowest BCUT2D eigenvalue weighted by Crippen LogP contribution is -1.85. The number of aryl methyl sites for hydroxylation is 1. The molecule has 2 heterocycles. The fourth-order valence-corrected chi connectivity index (χ4v) is 2.68. The largest absolute Gasteiger partial charge is 0.353 e. The molecule has 0 fully saturated rings. The third-order valence-electron chi connectivity index (χ3n) is 3.54. The number of rotatable bonds is 0. The summed E-state index contributed by atoms with van der Waals surface area (Å²) in [5.74, 6) is 0. The van der Waals surface area contributed by atoms with Gasteiger partial charge in [0.1, 0.15) is 0 Å². The molecular formula is C16H12N2. The molecule has 0 spiro atoms. The first-order valence-corrected chi connectivity index (χ1v) is 6.10. The van der Waals surface area contributed by atoms with E-state index in [4.69, 9.17) is 4.98 Å². The minimum absolute atomic E-state index is 1.07. The molecule has 0 radical (unpaired) electrons. The van der Waals surface area contributed by atoms with Crippen molar-refractivity contribution in [2.45, 2.75) is 6.92 Å². The lowest BCUT2D eigenvalue weighted by Gasteiger charge is -2.02. The Labute approximate surface area is 104 Å². The number of nitrogens with one attached hydrogen (secondary N) is 1. The molecule has 0 atom stereocenters. The van der Waals surface area contributed by atoms with Crippen LogP contribution in [0.4, 0.5) is 0 Å². The first-order valence-electron chi connectivity index (χ1n) is 6.10. The van der Waals surface area contributed by atoms with Gasteiger partial charge in [-0.15, -0.1) is 0 Å². The highest BCUT2D eigenvalue weighted by molar-refractivity contribution is 6.15. The van der Waals surface area contributed by atoms with Crippen molar-refractivity contribution >= 4 is 32.7 Å². The summed E-state index contributed by atoms with van der Waals surface area (Å²) in [6.07, 6.45) is 0. The fourth-order valence-electron chi connectivity index (χ4n) is 2.68. The first kappa shape index (κ1) is 9.66. The highest BCUT2D eigenvalue weighted by Gasteiger charge is 2.10. The molecule has 0 aliphatic carbocycles. The maximum Gasteiger partial charge on any atom is 0.0967 e. The smallest absolute Gasteiger partial charge is 0.0967 e. The van der Waals surface area contributed by atoms with Crippen LogP contribution < -0.4 is 0 Å². The van der Waals surface area contributed by atoms with Crippen LogP contribution in [0.2, 0.25) is 0 Å². The summed E-state index contributed by atoms with van der Waals surface area (Å²) in [5, 5.41) is 3.66. The monoisotopic (exact) mass is 232 g/mol. The molecule has 4 rings (SSSR count). The van der Waals surface area contributed by atoms with Crippen molar-refractivity contribution in [3.63, 3.8) is 0 Å². The molecule has 0 bridgehead atoms. The normalized spacial score (nSPS) is 11.6. The van der Waals surface area contributed by atoms with Crippen LogP contribution in [0, 0.1) is 6.92 Å². The number of nitrogens with zero attached hydrogens (tertiary/aromatic N) is 1. The van der Waals surface area contributed by atoms with Crippen LogP contribution >= 0.6 is 0 Å². The van der Waals surface area contributed by atoms with E-state index in [1.165, 1.54) is 16.2 Å². The van der Waals surface area contributed by atoms with Crippen LogP contribution in [-0.2, 0) is 0 Å². The Morgan fingerprint density at radius 1 is 0.833 bits per heavy atom. The summed E-state index contributed by atoms with van der Waals surface area (Å²) in [6.45, 7) is 2.07. The van der Waals surface area contributed by atoms with Gasteiger partial charge in [-0.2, -0.15) is 0 Å². The van der Waals surface area contributed by atoms with Crippen molar-refractivity contribution in [1.29, 1.82) is 0 Å². The molecule has 0 aliphatic rings. The fraction of sp³-hybridized carbons (Fsp3) is 0.0625. The zero-order valence-electron chi connectivity index (χ0n) is 10.1. The molecule has 0 saturated heterocycles. The van der Waals surface area contributed by atoms with Crippen molar-refractivity contribution in [3.8, 4) is 0 Å². The van der Waals surface area contributed by atoms with Gasteiger partial charge in [0, 0.05) is 27.4 Å². The number of fused-ring (bicyclic) bond motifs is 5. The van der Waals surface area contributed by atoms with Gasteiger partial charge >= 0.3 is 0 Å². The van der Waals surface area contributed by atoms with E-state index in [0.717, 1.165) is 22.2 Å². The Bertz CT molecular complexity index is 887. The maximum absolute atomic E-state index is 4.76. The van der Waals surface area contributed by atoms with E-state index in [1.807, 2.05) is 6.07 Å². The van der Waals surface area contributed by atoms with Gasteiger partial charge in [0.25, 0.3) is 0 Å². The second-order valence-electron chi connectivity index (χ2n) is 4.64. The van der Waals surface area contributed by atoms with E-state index < -0.39 is 0 Å². The third kappa shape index (κ3) is 1.15. The summed E-state index contributed by atoms with van der Waals surface area (Å²) < 4.78 is 0. The topological polar surface area (TPSA) is 28.7 Å². The maximum atomic E-state index is 4.76. The standard InChI is InChI=1S/C16H12N2/c1-10-11-6-2-3-7-12(11)15-16(17-10)13-8-4-5-9-14(13)18-15/h2-9,18H,1H3. The van der Waals surface area contributed by atoms with Crippen molar-refractivity contribution < 1.29 is 0 Å². The summed E-state index contributed by atoms with van der Waals surface area (Å²) >= 11 is 0. The van der Waals surface area contributed by atoms with E-state index in [1.54, 1.807) is 0 Å². The van der Waals surface area contributed by atoms with Gasteiger partial charge in [0.05, 0.1) is 11.0 Å². The molecule has 0 aliphatic heterocycles. The number of aromatic amines is 1. The molecule has 2 aromatic carbocycles. The number of hydrogen-bond donors (Lipinski definition) is 1. The summed E-state index contributed by atoms with van der Waals surface area (Å²) in [6, 6.07) is 16.7. The number of hydrogen-bond acceptors (Lipinski definition) is 1. The van der Waals surface area contributed by atoms with E-state index in [2.05, 4.69) is 54.4 Å². The second-order valence-corrected chi connectivity index (χ2v) is 4.64. The number of para-hydroxylation sites is 1. The highest BCUT2D eigenvalue weighted by atomic mass is 14.8. The molecule has 18 heavy (non-hydrogen) atoms. The number of H-pyrrole nitrogens is 1. The molecular weight excluding hydrogens is 220 g/mol. The zero-order chi connectivity index (χ0) is 12.1. The molecule has 2 nitrogen and oxygen atoms in total. The van der Waals surface area contributed by atoms with Crippen molar-refractivity contribution in [1.82, 2.24) is 9.97 Å². The first-order chi connectivity index (χ1) is 8.84. The van der Waals surface area contributed by atoms with Crippen molar-refractivity contribution in [3.05, 3.63) is 54.2 Å². The Morgan fingerprint density at radius 2 is 1.50 bits per heavy atom. The van der Waals surface area contributed by atoms with E-state index in [9.17, 15) is 0 Å². The number of benzene rings is 2. The van der Waals surface area contributed by atoms with Crippen molar-refractivity contribution in [2.75, 3.05) is 0 Å². The van der Waals surface area contributed by atoms with Gasteiger partial charge in [0.15, 0.2) is 0 Å². The molecule has 0 unspecified atom stereocenters. The molecule has 0 saturated carbocycles. The lowest BCUT2D eigenvalue weighted by molar-refractivity contribution is 1.29. The molecule has 2 aromatic heterocycles. The van der Waals surface area contributed by atoms with E-state index in [-0.39, 0.29) is 0 Å². The SMILES string of the molecule is Cc1nc2c3ccccc3[nH]c2c2ccccc12. The Balaban J connectivity index is 2.36. The zero-order valence-corrected chi connectivity index (χ0v) is 10.1. The quantitative estimate of drug-likeness (QED) is 0.484. The average molecular weight is 232 g/mol. The highest BCUT2D eigenvalue weighted by Crippen LogP contribution is 2.30. The van der Waals surface area contributed by atoms with Gasteiger partial charge in [-0.25, -0.2) is 0 Å². The van der Waals surface area contributed by atoms with Crippen molar-refractivity contribution in [2.24, 2.45) is 0 Å². The molecule has 0 amide bonds. The van der Waals surface area contributed by atoms with Crippen LogP contribution in [0.1, 0.15) is 5.69 Å². The van der Waals surface area contributed by atoms with Crippen LogP contribution in [0.15, 0.2) is 48.5 Å². The second kappa shape index (κ2) is 3.33. The van der Waals surface area contributed by atoms with Gasteiger partial charge in [-0.3, -0.25) is 4.98 Å². The Kier molecular flexibility index (Phi) is 1.78. The molecule has 86 valence electrons.